The van der Waals surface area contributed by atoms with Gasteiger partial charge in [0.2, 0.25) is 5.82 Å². The zero-order chi connectivity index (χ0) is 18.1. The number of hydrogen-bond acceptors (Lipinski definition) is 7. The summed E-state index contributed by atoms with van der Waals surface area (Å²) >= 11 is 1.22. The highest BCUT2D eigenvalue weighted by molar-refractivity contribution is 7.99. The Hall–Kier alpha value is -2.95. The predicted molar refractivity (Wildman–Crippen MR) is 88.8 cm³/mol. The molecule has 0 fully saturated rings. The fourth-order valence-electron chi connectivity index (χ4n) is 2.41. The minimum Gasteiger partial charge on any atom is -0.301 e. The molecule has 4 heterocycles. The van der Waals surface area contributed by atoms with Crippen molar-refractivity contribution in [2.45, 2.75) is 30.1 Å². The molecule has 0 saturated heterocycles. The van der Waals surface area contributed by atoms with Crippen molar-refractivity contribution >= 4 is 17.4 Å². The average Bonchev–Trinajstić information content (AvgIpc) is 3.26. The SMILES string of the molecule is CCn1c(Sc2ccc3nnc(C(F)F)n3n2)nnc1-c1ccccn1. The fraction of sp³-hybridized carbons (Fsp3) is 0.200. The minimum atomic E-state index is -2.76. The largest absolute Gasteiger partial charge is 0.301 e. The lowest BCUT2D eigenvalue weighted by Gasteiger charge is -2.06. The molecule has 0 bridgehead atoms. The average molecular weight is 374 g/mol. The maximum absolute atomic E-state index is 13.0. The van der Waals surface area contributed by atoms with Crippen LogP contribution < -0.4 is 0 Å². The summed E-state index contributed by atoms with van der Waals surface area (Å²) in [5.74, 6) is 0.142. The van der Waals surface area contributed by atoms with Gasteiger partial charge >= 0.3 is 0 Å². The second-order valence-corrected chi connectivity index (χ2v) is 6.16. The number of halogens is 2. The minimum absolute atomic E-state index is 0.260. The predicted octanol–water partition coefficient (Wildman–Crippen LogP) is 2.89. The summed E-state index contributed by atoms with van der Waals surface area (Å²) in [6.07, 6.45) is -1.07. The molecule has 0 aromatic carbocycles. The maximum atomic E-state index is 13.0. The van der Waals surface area contributed by atoms with Gasteiger partial charge in [0.1, 0.15) is 10.7 Å². The normalized spacial score (nSPS) is 11.5. The Morgan fingerprint density at radius 3 is 2.69 bits per heavy atom. The highest BCUT2D eigenvalue weighted by Crippen LogP contribution is 2.28. The maximum Gasteiger partial charge on any atom is 0.299 e. The van der Waals surface area contributed by atoms with E-state index in [9.17, 15) is 8.78 Å². The lowest BCUT2D eigenvalue weighted by Crippen LogP contribution is -2.02. The van der Waals surface area contributed by atoms with E-state index in [1.807, 2.05) is 29.7 Å². The van der Waals surface area contributed by atoms with Crippen LogP contribution in [0.15, 0.2) is 46.7 Å². The van der Waals surface area contributed by atoms with Crippen molar-refractivity contribution in [2.75, 3.05) is 0 Å². The Labute approximate surface area is 150 Å². The Morgan fingerprint density at radius 1 is 1.08 bits per heavy atom. The van der Waals surface area contributed by atoms with Crippen LogP contribution >= 0.6 is 11.8 Å². The Bertz CT molecular complexity index is 1050. The number of pyridine rings is 1. The molecule has 132 valence electrons. The molecule has 0 aliphatic rings. The van der Waals surface area contributed by atoms with E-state index < -0.39 is 12.2 Å². The molecule has 0 saturated carbocycles. The standard InChI is InChI=1S/C15H12F2N8S/c1-2-24-13(9-5-3-4-8-18-9)20-22-15(24)26-11-7-6-10-19-21-14(12(16)17)25(10)23-11/h3-8,12H,2H2,1H3. The third-order valence-corrected chi connectivity index (χ3v) is 4.49. The first-order chi connectivity index (χ1) is 12.7. The summed E-state index contributed by atoms with van der Waals surface area (Å²) in [7, 11) is 0. The number of aromatic nitrogens is 8. The number of rotatable bonds is 5. The number of alkyl halides is 2. The number of hydrogen-bond donors (Lipinski definition) is 0. The first-order valence-electron chi connectivity index (χ1n) is 7.70. The van der Waals surface area contributed by atoms with Gasteiger partial charge in [0.25, 0.3) is 6.43 Å². The Balaban J connectivity index is 1.70. The highest BCUT2D eigenvalue weighted by Gasteiger charge is 2.19. The van der Waals surface area contributed by atoms with Crippen molar-refractivity contribution in [1.29, 1.82) is 0 Å². The number of fused-ring (bicyclic) bond motifs is 1. The highest BCUT2D eigenvalue weighted by atomic mass is 32.2. The van der Waals surface area contributed by atoms with Crippen molar-refractivity contribution in [3.63, 3.8) is 0 Å². The van der Waals surface area contributed by atoms with E-state index in [1.165, 1.54) is 11.8 Å². The van der Waals surface area contributed by atoms with E-state index in [1.54, 1.807) is 18.3 Å². The van der Waals surface area contributed by atoms with Crippen LogP contribution in [0.3, 0.4) is 0 Å². The van der Waals surface area contributed by atoms with Crippen molar-refractivity contribution in [2.24, 2.45) is 0 Å². The van der Waals surface area contributed by atoms with E-state index >= 15 is 0 Å². The summed E-state index contributed by atoms with van der Waals surface area (Å²) in [5, 5.41) is 20.8. The van der Waals surface area contributed by atoms with E-state index in [0.717, 1.165) is 4.52 Å². The van der Waals surface area contributed by atoms with Crippen LogP contribution in [-0.2, 0) is 6.54 Å². The van der Waals surface area contributed by atoms with Crippen molar-refractivity contribution < 1.29 is 8.78 Å². The van der Waals surface area contributed by atoms with Crippen LogP contribution in [-0.4, -0.2) is 39.6 Å². The van der Waals surface area contributed by atoms with Crippen LogP contribution in [0.4, 0.5) is 8.78 Å². The first-order valence-corrected chi connectivity index (χ1v) is 8.52. The van der Waals surface area contributed by atoms with Crippen molar-refractivity contribution in [3.8, 4) is 11.5 Å². The molecule has 4 rings (SSSR count). The summed E-state index contributed by atoms with van der Waals surface area (Å²) < 4.78 is 28.9. The third-order valence-electron chi connectivity index (χ3n) is 3.58. The Morgan fingerprint density at radius 2 is 1.96 bits per heavy atom. The molecule has 0 spiro atoms. The van der Waals surface area contributed by atoms with E-state index in [4.69, 9.17) is 0 Å². The van der Waals surface area contributed by atoms with Gasteiger partial charge in [0.05, 0.1) is 0 Å². The lowest BCUT2D eigenvalue weighted by atomic mass is 10.3. The van der Waals surface area contributed by atoms with Crippen LogP contribution in [0.25, 0.3) is 17.2 Å². The van der Waals surface area contributed by atoms with Gasteiger partial charge in [-0.05, 0) is 43.0 Å². The third kappa shape index (κ3) is 2.90. The van der Waals surface area contributed by atoms with Crippen LogP contribution in [0.2, 0.25) is 0 Å². The van der Waals surface area contributed by atoms with Crippen LogP contribution in [0, 0.1) is 0 Å². The van der Waals surface area contributed by atoms with Gasteiger partial charge in [-0.2, -0.15) is 9.61 Å². The first kappa shape index (κ1) is 16.5. The van der Waals surface area contributed by atoms with E-state index in [2.05, 4.69) is 30.5 Å². The zero-order valence-corrected chi connectivity index (χ0v) is 14.3. The topological polar surface area (TPSA) is 86.7 Å². The summed E-state index contributed by atoms with van der Waals surface area (Å²) in [6.45, 7) is 2.59. The summed E-state index contributed by atoms with van der Waals surface area (Å²) in [4.78, 5) is 4.29. The number of nitrogens with zero attached hydrogens (tertiary/aromatic N) is 8. The molecule has 0 N–H and O–H groups in total. The molecule has 0 amide bonds. The van der Waals surface area contributed by atoms with E-state index in [-0.39, 0.29) is 5.65 Å². The second kappa shape index (κ2) is 6.75. The van der Waals surface area contributed by atoms with Crippen molar-refractivity contribution in [1.82, 2.24) is 39.6 Å². The second-order valence-electron chi connectivity index (χ2n) is 5.17. The van der Waals surface area contributed by atoms with Gasteiger partial charge in [-0.15, -0.1) is 20.4 Å². The molecule has 4 aromatic heterocycles. The molecule has 0 radical (unpaired) electrons. The van der Waals surface area contributed by atoms with E-state index in [0.29, 0.717) is 28.2 Å². The molecule has 0 atom stereocenters. The van der Waals surface area contributed by atoms with Gasteiger partial charge in [-0.3, -0.25) is 4.98 Å². The van der Waals surface area contributed by atoms with Crippen LogP contribution in [0.5, 0.6) is 0 Å². The summed E-state index contributed by atoms with van der Waals surface area (Å²) in [6, 6.07) is 8.81. The molecule has 8 nitrogen and oxygen atoms in total. The molecular weight excluding hydrogens is 362 g/mol. The molecule has 0 unspecified atom stereocenters. The quantitative estimate of drug-likeness (QED) is 0.531. The monoisotopic (exact) mass is 374 g/mol. The van der Waals surface area contributed by atoms with Gasteiger partial charge in [0.15, 0.2) is 16.6 Å². The Kier molecular flexibility index (Phi) is 4.29. The summed E-state index contributed by atoms with van der Waals surface area (Å²) in [5.41, 5.74) is 0.965. The van der Waals surface area contributed by atoms with Gasteiger partial charge in [-0.25, -0.2) is 8.78 Å². The molecule has 11 heteroatoms. The zero-order valence-electron chi connectivity index (χ0n) is 13.5. The molecular formula is C15H12F2N8S. The van der Waals surface area contributed by atoms with Gasteiger partial charge in [0, 0.05) is 12.7 Å². The lowest BCUT2D eigenvalue weighted by molar-refractivity contribution is 0.137. The molecule has 0 aliphatic carbocycles. The molecule has 0 aliphatic heterocycles. The van der Waals surface area contributed by atoms with Crippen LogP contribution in [0.1, 0.15) is 19.2 Å². The molecule has 26 heavy (non-hydrogen) atoms. The van der Waals surface area contributed by atoms with Crippen molar-refractivity contribution in [3.05, 3.63) is 42.4 Å². The molecule has 4 aromatic rings. The van der Waals surface area contributed by atoms with Gasteiger partial charge < -0.3 is 4.57 Å². The fourth-order valence-corrected chi connectivity index (χ4v) is 3.26. The smallest absolute Gasteiger partial charge is 0.299 e. The van der Waals surface area contributed by atoms with Gasteiger partial charge in [-0.1, -0.05) is 6.07 Å².